The minimum atomic E-state index is -2.29. The van der Waals surface area contributed by atoms with Crippen LogP contribution in [0, 0.1) is 5.92 Å². The molecule has 13 heavy (non-hydrogen) atoms. The number of rotatable bonds is 6. The largest absolute Gasteiger partial charge is 0.329 e. The molecule has 2 nitrogen and oxygen atoms in total. The third-order valence-electron chi connectivity index (χ3n) is 2.57. The van der Waals surface area contributed by atoms with E-state index in [-0.39, 0.29) is 12.1 Å². The fraction of sp³-hybridized carbons (Fsp3) is 1.00. The number of halogens is 2. The van der Waals surface area contributed by atoms with Crippen LogP contribution in [0.4, 0.5) is 8.78 Å². The van der Waals surface area contributed by atoms with E-state index in [9.17, 15) is 8.78 Å². The summed E-state index contributed by atoms with van der Waals surface area (Å²) in [7, 11) is 0. The molecular weight excluding hydrogens is 174 g/mol. The van der Waals surface area contributed by atoms with Crippen molar-refractivity contribution in [2.45, 2.75) is 38.2 Å². The van der Waals surface area contributed by atoms with E-state index in [2.05, 4.69) is 5.32 Å². The van der Waals surface area contributed by atoms with Crippen LogP contribution in [0.5, 0.6) is 0 Å². The van der Waals surface area contributed by atoms with Crippen molar-refractivity contribution in [3.05, 3.63) is 0 Å². The van der Waals surface area contributed by atoms with E-state index in [0.29, 0.717) is 12.5 Å². The van der Waals surface area contributed by atoms with Gasteiger partial charge in [-0.05, 0) is 19.3 Å². The zero-order chi connectivity index (χ0) is 9.90. The van der Waals surface area contributed by atoms with E-state index >= 15 is 0 Å². The molecule has 78 valence electrons. The molecule has 0 saturated heterocycles. The summed E-state index contributed by atoms with van der Waals surface area (Å²) in [6, 6.07) is 0. The van der Waals surface area contributed by atoms with Crippen molar-refractivity contribution in [3.8, 4) is 0 Å². The van der Waals surface area contributed by atoms with Crippen molar-refractivity contribution in [3.63, 3.8) is 0 Å². The molecule has 1 aliphatic rings. The first-order valence-electron chi connectivity index (χ1n) is 4.79. The second-order valence-corrected chi connectivity index (χ2v) is 4.18. The predicted molar refractivity (Wildman–Crippen MR) is 48.8 cm³/mol. The molecule has 0 spiro atoms. The molecule has 0 aromatic heterocycles. The van der Waals surface area contributed by atoms with Crippen LogP contribution >= 0.6 is 0 Å². The highest BCUT2D eigenvalue weighted by Gasteiger charge is 2.32. The van der Waals surface area contributed by atoms with Gasteiger partial charge in [0.15, 0.2) is 0 Å². The quantitative estimate of drug-likeness (QED) is 0.667. The van der Waals surface area contributed by atoms with Crippen molar-refractivity contribution < 1.29 is 8.78 Å². The summed E-state index contributed by atoms with van der Waals surface area (Å²) in [5.41, 5.74) is 5.27. The van der Waals surface area contributed by atoms with E-state index in [1.165, 1.54) is 12.8 Å². The summed E-state index contributed by atoms with van der Waals surface area (Å²) >= 11 is 0. The van der Waals surface area contributed by atoms with Gasteiger partial charge in [0, 0.05) is 12.1 Å². The topological polar surface area (TPSA) is 38.0 Å². The van der Waals surface area contributed by atoms with E-state index in [1.807, 2.05) is 6.92 Å². The summed E-state index contributed by atoms with van der Waals surface area (Å²) in [5.74, 6) is 0.707. The number of nitrogens with two attached hydrogens (primary N) is 1. The van der Waals surface area contributed by atoms with Gasteiger partial charge in [-0.15, -0.1) is 0 Å². The molecule has 0 aromatic carbocycles. The Labute approximate surface area is 77.9 Å². The molecule has 4 heteroatoms. The van der Waals surface area contributed by atoms with Gasteiger partial charge in [-0.1, -0.05) is 12.8 Å². The first-order valence-corrected chi connectivity index (χ1v) is 4.79. The van der Waals surface area contributed by atoms with Gasteiger partial charge >= 0.3 is 0 Å². The molecule has 1 unspecified atom stereocenters. The molecule has 0 bridgehead atoms. The van der Waals surface area contributed by atoms with Crippen LogP contribution in [0.2, 0.25) is 0 Å². The average Bonchev–Trinajstić information content (AvgIpc) is 2.85. The van der Waals surface area contributed by atoms with Crippen LogP contribution in [0.25, 0.3) is 0 Å². The minimum Gasteiger partial charge on any atom is -0.329 e. The van der Waals surface area contributed by atoms with Gasteiger partial charge in [-0.25, -0.2) is 8.78 Å². The third kappa shape index (κ3) is 4.00. The second-order valence-electron chi connectivity index (χ2n) is 4.18. The fourth-order valence-electron chi connectivity index (χ4n) is 1.51. The number of hydrogen-bond donors (Lipinski definition) is 2. The highest BCUT2D eigenvalue weighted by molar-refractivity contribution is 4.90. The van der Waals surface area contributed by atoms with Gasteiger partial charge in [-0.2, -0.15) is 0 Å². The number of hydrogen-bond acceptors (Lipinski definition) is 2. The molecule has 0 radical (unpaired) electrons. The minimum absolute atomic E-state index is 0.250. The van der Waals surface area contributed by atoms with Crippen molar-refractivity contribution in [1.29, 1.82) is 0 Å². The van der Waals surface area contributed by atoms with Crippen LogP contribution in [-0.2, 0) is 0 Å². The first-order chi connectivity index (χ1) is 6.06. The maximum absolute atomic E-state index is 12.0. The maximum Gasteiger partial charge on any atom is 0.250 e. The van der Waals surface area contributed by atoms with Gasteiger partial charge in [0.05, 0.1) is 6.54 Å². The van der Waals surface area contributed by atoms with E-state index < -0.39 is 6.43 Å². The molecule has 1 rings (SSSR count). The lowest BCUT2D eigenvalue weighted by Gasteiger charge is -2.29. The summed E-state index contributed by atoms with van der Waals surface area (Å²) in [6.45, 7) is 2.10. The van der Waals surface area contributed by atoms with Crippen LogP contribution in [0.1, 0.15) is 26.2 Å². The Balaban J connectivity index is 2.28. The number of nitrogens with one attached hydrogen (secondary N) is 1. The average molecular weight is 192 g/mol. The van der Waals surface area contributed by atoms with Crippen LogP contribution in [0.15, 0.2) is 0 Å². The van der Waals surface area contributed by atoms with Crippen molar-refractivity contribution in [2.24, 2.45) is 11.7 Å². The molecule has 1 fully saturated rings. The van der Waals surface area contributed by atoms with Crippen LogP contribution in [-0.4, -0.2) is 25.1 Å². The summed E-state index contributed by atoms with van der Waals surface area (Å²) in [5, 5.41) is 2.84. The lowest BCUT2D eigenvalue weighted by atomic mass is 9.95. The lowest BCUT2D eigenvalue weighted by molar-refractivity contribution is 0.129. The Morgan fingerprint density at radius 1 is 1.54 bits per heavy atom. The standard InChI is InChI=1S/C9H18F2N2/c1-9(6-12,4-7-2-3-7)13-5-8(10)11/h7-8,13H,2-6,12H2,1H3. The Morgan fingerprint density at radius 2 is 2.15 bits per heavy atom. The molecule has 0 heterocycles. The van der Waals surface area contributed by atoms with Crippen molar-refractivity contribution in [1.82, 2.24) is 5.32 Å². The Morgan fingerprint density at radius 3 is 2.54 bits per heavy atom. The fourth-order valence-corrected chi connectivity index (χ4v) is 1.51. The Kier molecular flexibility index (Phi) is 3.62. The summed E-state index contributed by atoms with van der Waals surface area (Å²) in [6.07, 6.45) is 1.10. The molecule has 1 saturated carbocycles. The van der Waals surface area contributed by atoms with Crippen LogP contribution < -0.4 is 11.1 Å². The molecule has 0 aliphatic heterocycles. The highest BCUT2D eigenvalue weighted by Crippen LogP contribution is 2.36. The van der Waals surface area contributed by atoms with Gasteiger partial charge in [0.25, 0.3) is 6.43 Å². The Bertz CT molecular complexity index is 160. The molecule has 1 aliphatic carbocycles. The van der Waals surface area contributed by atoms with Crippen molar-refractivity contribution in [2.75, 3.05) is 13.1 Å². The lowest BCUT2D eigenvalue weighted by Crippen LogP contribution is -2.50. The smallest absolute Gasteiger partial charge is 0.250 e. The molecule has 1 atom stereocenters. The van der Waals surface area contributed by atoms with Gasteiger partial charge in [-0.3, -0.25) is 0 Å². The highest BCUT2D eigenvalue weighted by atomic mass is 19.3. The summed E-state index contributed by atoms with van der Waals surface area (Å²) in [4.78, 5) is 0. The van der Waals surface area contributed by atoms with E-state index in [0.717, 1.165) is 6.42 Å². The zero-order valence-corrected chi connectivity index (χ0v) is 8.02. The molecular formula is C9H18F2N2. The molecule has 0 aromatic rings. The SMILES string of the molecule is CC(CN)(CC1CC1)NCC(F)F. The number of alkyl halides is 2. The second kappa shape index (κ2) is 4.33. The van der Waals surface area contributed by atoms with E-state index in [4.69, 9.17) is 5.73 Å². The zero-order valence-electron chi connectivity index (χ0n) is 8.02. The monoisotopic (exact) mass is 192 g/mol. The molecule has 0 amide bonds. The molecule has 3 N–H and O–H groups in total. The van der Waals surface area contributed by atoms with Crippen LogP contribution in [0.3, 0.4) is 0 Å². The maximum atomic E-state index is 12.0. The first kappa shape index (κ1) is 10.9. The van der Waals surface area contributed by atoms with Gasteiger partial charge < -0.3 is 11.1 Å². The third-order valence-corrected chi connectivity index (χ3v) is 2.57. The summed E-state index contributed by atoms with van der Waals surface area (Å²) < 4.78 is 23.9. The van der Waals surface area contributed by atoms with E-state index in [1.54, 1.807) is 0 Å². The van der Waals surface area contributed by atoms with Gasteiger partial charge in [0.2, 0.25) is 0 Å². The van der Waals surface area contributed by atoms with Gasteiger partial charge in [0.1, 0.15) is 0 Å². The normalized spacial score (nSPS) is 21.9. The van der Waals surface area contributed by atoms with Crippen molar-refractivity contribution >= 4 is 0 Å². The predicted octanol–water partition coefficient (Wildman–Crippen LogP) is 1.36. The Hall–Kier alpha value is -0.220.